The lowest BCUT2D eigenvalue weighted by molar-refractivity contribution is -0.142. The molecular weight excluding hydrogens is 267 g/mol. The van der Waals surface area contributed by atoms with Crippen LogP contribution in [0.1, 0.15) is 17.3 Å². The summed E-state index contributed by atoms with van der Waals surface area (Å²) < 4.78 is 22.7. The molecule has 6 heteroatoms. The number of ether oxygens (including phenoxy) is 2. The van der Waals surface area contributed by atoms with E-state index in [9.17, 15) is 19.1 Å². The summed E-state index contributed by atoms with van der Waals surface area (Å²) in [5.41, 5.74) is -0.0285. The first-order valence-electron chi connectivity index (χ1n) is 5.84. The summed E-state index contributed by atoms with van der Waals surface area (Å²) in [5, 5.41) is 9.47. The second-order valence-electron chi connectivity index (χ2n) is 4.11. The van der Waals surface area contributed by atoms with Gasteiger partial charge in [0.1, 0.15) is 25.1 Å². The van der Waals surface area contributed by atoms with Crippen LogP contribution in [-0.2, 0) is 14.3 Å². The van der Waals surface area contributed by atoms with Gasteiger partial charge in [-0.05, 0) is 19.1 Å². The van der Waals surface area contributed by atoms with Gasteiger partial charge >= 0.3 is 11.9 Å². The Labute approximate surface area is 115 Å². The van der Waals surface area contributed by atoms with E-state index in [0.29, 0.717) is 0 Å². The van der Waals surface area contributed by atoms with E-state index in [1.807, 2.05) is 0 Å². The standard InChI is InChI=1S/C14H15FO5/c1-9(2)13(17)19-7-10(16)8-20-14(18)11-5-3-4-6-12(11)15/h3-6,10,16H,1,7-8H2,2H3. The minimum absolute atomic E-state index is 0.195. The Morgan fingerprint density at radius 2 is 1.90 bits per heavy atom. The van der Waals surface area contributed by atoms with Crippen molar-refractivity contribution in [2.24, 2.45) is 0 Å². The maximum Gasteiger partial charge on any atom is 0.341 e. The molecule has 0 aromatic heterocycles. The second-order valence-corrected chi connectivity index (χ2v) is 4.11. The topological polar surface area (TPSA) is 72.8 Å². The van der Waals surface area contributed by atoms with Gasteiger partial charge in [-0.3, -0.25) is 0 Å². The number of benzene rings is 1. The fraction of sp³-hybridized carbons (Fsp3) is 0.286. The SMILES string of the molecule is C=C(C)C(=O)OCC(O)COC(=O)c1ccccc1F. The second kappa shape index (κ2) is 7.40. The lowest BCUT2D eigenvalue weighted by Crippen LogP contribution is -2.25. The van der Waals surface area contributed by atoms with Crippen LogP contribution < -0.4 is 0 Å². The van der Waals surface area contributed by atoms with Crippen molar-refractivity contribution < 1.29 is 28.6 Å². The highest BCUT2D eigenvalue weighted by atomic mass is 19.1. The van der Waals surface area contributed by atoms with E-state index in [4.69, 9.17) is 4.74 Å². The van der Waals surface area contributed by atoms with Gasteiger partial charge in [0.2, 0.25) is 0 Å². The van der Waals surface area contributed by atoms with Crippen molar-refractivity contribution in [3.63, 3.8) is 0 Å². The van der Waals surface area contributed by atoms with E-state index < -0.39 is 30.5 Å². The molecule has 5 nitrogen and oxygen atoms in total. The van der Waals surface area contributed by atoms with Crippen molar-refractivity contribution in [3.05, 3.63) is 47.8 Å². The molecule has 1 atom stereocenters. The van der Waals surface area contributed by atoms with Gasteiger partial charge in [-0.25, -0.2) is 14.0 Å². The fourth-order valence-electron chi connectivity index (χ4n) is 1.22. The Balaban J connectivity index is 2.40. The van der Waals surface area contributed by atoms with Gasteiger partial charge in [0.05, 0.1) is 5.56 Å². The van der Waals surface area contributed by atoms with Crippen LogP contribution in [0.3, 0.4) is 0 Å². The number of hydrogen-bond acceptors (Lipinski definition) is 5. The van der Waals surface area contributed by atoms with Gasteiger partial charge in [-0.2, -0.15) is 0 Å². The van der Waals surface area contributed by atoms with Gasteiger partial charge < -0.3 is 14.6 Å². The highest BCUT2D eigenvalue weighted by Gasteiger charge is 2.15. The van der Waals surface area contributed by atoms with Gasteiger partial charge in [0.15, 0.2) is 0 Å². The molecule has 0 saturated carbocycles. The van der Waals surface area contributed by atoms with Gasteiger partial charge in [-0.1, -0.05) is 18.7 Å². The molecule has 0 saturated heterocycles. The molecule has 0 aliphatic heterocycles. The van der Waals surface area contributed by atoms with Crippen LogP contribution in [0.5, 0.6) is 0 Å². The molecule has 0 radical (unpaired) electrons. The van der Waals surface area contributed by atoms with Crippen LogP contribution in [0.25, 0.3) is 0 Å². The van der Waals surface area contributed by atoms with Crippen LogP contribution in [0, 0.1) is 5.82 Å². The molecule has 1 aromatic carbocycles. The Bertz CT molecular complexity index is 512. The smallest absolute Gasteiger partial charge is 0.341 e. The van der Waals surface area contributed by atoms with Crippen molar-refractivity contribution in [1.82, 2.24) is 0 Å². The number of esters is 2. The third-order valence-electron chi connectivity index (χ3n) is 2.26. The number of carbonyl (C=O) groups is 2. The van der Waals surface area contributed by atoms with Gasteiger partial charge in [0.25, 0.3) is 0 Å². The maximum absolute atomic E-state index is 13.3. The quantitative estimate of drug-likeness (QED) is 0.631. The monoisotopic (exact) mass is 282 g/mol. The van der Waals surface area contributed by atoms with E-state index in [1.165, 1.54) is 25.1 Å². The van der Waals surface area contributed by atoms with E-state index in [-0.39, 0.29) is 17.7 Å². The first kappa shape index (κ1) is 15.8. The zero-order chi connectivity index (χ0) is 15.1. The van der Waals surface area contributed by atoms with Crippen LogP contribution in [0.2, 0.25) is 0 Å². The normalized spacial score (nSPS) is 11.6. The molecule has 0 aliphatic carbocycles. The van der Waals surface area contributed by atoms with E-state index in [2.05, 4.69) is 11.3 Å². The molecule has 0 fully saturated rings. The van der Waals surface area contributed by atoms with Crippen LogP contribution in [0.15, 0.2) is 36.4 Å². The van der Waals surface area contributed by atoms with Crippen molar-refractivity contribution >= 4 is 11.9 Å². The van der Waals surface area contributed by atoms with Crippen LogP contribution in [0.4, 0.5) is 4.39 Å². The highest BCUT2D eigenvalue weighted by molar-refractivity contribution is 5.89. The Kier molecular flexibility index (Phi) is 5.86. The number of carbonyl (C=O) groups excluding carboxylic acids is 2. The molecule has 20 heavy (non-hydrogen) atoms. The molecule has 0 bridgehead atoms. The first-order valence-corrected chi connectivity index (χ1v) is 5.84. The summed E-state index contributed by atoms with van der Waals surface area (Å²) in [6.07, 6.45) is -1.19. The predicted molar refractivity (Wildman–Crippen MR) is 68.5 cm³/mol. The average molecular weight is 282 g/mol. The maximum atomic E-state index is 13.3. The number of rotatable bonds is 6. The lowest BCUT2D eigenvalue weighted by Gasteiger charge is -2.12. The summed E-state index contributed by atoms with van der Waals surface area (Å²) in [6, 6.07) is 5.33. The van der Waals surface area contributed by atoms with Crippen LogP contribution >= 0.6 is 0 Å². The molecule has 0 spiro atoms. The predicted octanol–water partition coefficient (Wildman–Crippen LogP) is 1.46. The number of hydrogen-bond donors (Lipinski definition) is 1. The van der Waals surface area contributed by atoms with Crippen molar-refractivity contribution in [2.75, 3.05) is 13.2 Å². The molecule has 0 amide bonds. The van der Waals surface area contributed by atoms with Gasteiger partial charge in [0, 0.05) is 5.57 Å². The van der Waals surface area contributed by atoms with E-state index >= 15 is 0 Å². The Morgan fingerprint density at radius 3 is 2.50 bits per heavy atom. The van der Waals surface area contributed by atoms with E-state index in [0.717, 1.165) is 6.07 Å². The zero-order valence-corrected chi connectivity index (χ0v) is 11.0. The molecule has 0 heterocycles. The minimum atomic E-state index is -1.19. The minimum Gasteiger partial charge on any atom is -0.459 e. The van der Waals surface area contributed by atoms with E-state index in [1.54, 1.807) is 0 Å². The molecule has 108 valence electrons. The summed E-state index contributed by atoms with van der Waals surface area (Å²) in [7, 11) is 0. The van der Waals surface area contributed by atoms with Crippen molar-refractivity contribution in [2.45, 2.75) is 13.0 Å². The molecule has 1 rings (SSSR count). The van der Waals surface area contributed by atoms with Gasteiger partial charge in [-0.15, -0.1) is 0 Å². The highest BCUT2D eigenvalue weighted by Crippen LogP contribution is 2.08. The van der Waals surface area contributed by atoms with Crippen LogP contribution in [-0.4, -0.2) is 36.4 Å². The summed E-state index contributed by atoms with van der Waals surface area (Å²) in [6.45, 7) is 4.10. The average Bonchev–Trinajstić information content (AvgIpc) is 2.42. The Hall–Kier alpha value is -2.21. The largest absolute Gasteiger partial charge is 0.459 e. The number of aliphatic hydroxyl groups excluding tert-OH is 1. The number of halogens is 1. The summed E-state index contributed by atoms with van der Waals surface area (Å²) in [4.78, 5) is 22.6. The molecule has 1 N–H and O–H groups in total. The van der Waals surface area contributed by atoms with Crippen molar-refractivity contribution in [1.29, 1.82) is 0 Å². The molecule has 1 aromatic rings. The third kappa shape index (κ3) is 4.81. The lowest BCUT2D eigenvalue weighted by atomic mass is 10.2. The Morgan fingerprint density at radius 1 is 1.30 bits per heavy atom. The zero-order valence-electron chi connectivity index (χ0n) is 11.0. The fourth-order valence-corrected chi connectivity index (χ4v) is 1.22. The van der Waals surface area contributed by atoms with Crippen molar-refractivity contribution in [3.8, 4) is 0 Å². The molecular formula is C14H15FO5. The molecule has 0 aliphatic rings. The first-order chi connectivity index (χ1) is 9.41. The molecule has 1 unspecified atom stereocenters. The summed E-state index contributed by atoms with van der Waals surface area (Å²) >= 11 is 0. The summed E-state index contributed by atoms with van der Waals surface area (Å²) in [5.74, 6) is -2.25. The number of aliphatic hydroxyl groups is 1. The third-order valence-corrected chi connectivity index (χ3v) is 2.26.